The van der Waals surface area contributed by atoms with Crippen molar-refractivity contribution in [3.05, 3.63) is 70.3 Å². The third kappa shape index (κ3) is 9.29. The van der Waals surface area contributed by atoms with Gasteiger partial charge in [0, 0.05) is 24.2 Å². The third-order valence-corrected chi connectivity index (χ3v) is 8.28. The van der Waals surface area contributed by atoms with E-state index in [0.29, 0.717) is 24.6 Å². The standard InChI is InChI=1S/C16H17F4NO4.C15H15F4NO4/c1-24-14(22)9-5-6-21(15(23)25-2)13(7-9)11-4-3-10(8-12(11)17)16(18,19)20;1-24-14(23)20-5-4-8(13(21)22)6-12(20)10-3-2-9(7-11(10)16)15(17,18)19/h3-4,8-9,13H,5-7H2,1-2H3;2-3,7-8,12H,4-6H2,1H3,(H,21,22). The number of benzene rings is 2. The predicted molar refractivity (Wildman–Crippen MR) is 152 cm³/mol. The number of methoxy groups -OCH3 is 3. The van der Waals surface area contributed by atoms with Crippen molar-refractivity contribution in [1.29, 1.82) is 0 Å². The lowest BCUT2D eigenvalue weighted by molar-refractivity contribution is -0.148. The molecule has 270 valence electrons. The average Bonchev–Trinajstić information content (AvgIpc) is 3.06. The molecule has 2 aliphatic rings. The first kappa shape index (κ1) is 38.8. The van der Waals surface area contributed by atoms with Gasteiger partial charge in [-0.1, -0.05) is 12.1 Å². The molecule has 4 rings (SSSR count). The van der Waals surface area contributed by atoms with Crippen molar-refractivity contribution in [2.45, 2.75) is 50.1 Å². The Hall–Kier alpha value is -4.64. The maximum absolute atomic E-state index is 14.3. The van der Waals surface area contributed by atoms with Crippen LogP contribution in [0.25, 0.3) is 0 Å². The number of aliphatic carboxylic acids is 1. The molecule has 2 amide bonds. The average molecular weight is 713 g/mol. The van der Waals surface area contributed by atoms with E-state index in [9.17, 15) is 54.3 Å². The SMILES string of the molecule is COC(=O)C1CCN(C(=O)OC)C(c2ccc(C(F)(F)F)cc2F)C1.COC(=O)N1CCC(C(=O)O)CC1c1ccc(C(F)(F)F)cc1F. The summed E-state index contributed by atoms with van der Waals surface area (Å²) in [4.78, 5) is 49.0. The molecule has 1 N–H and O–H groups in total. The van der Waals surface area contributed by atoms with Crippen LogP contribution in [0.4, 0.5) is 44.7 Å². The smallest absolute Gasteiger partial charge is 0.416 e. The van der Waals surface area contributed by atoms with Crippen LogP contribution in [0.2, 0.25) is 0 Å². The molecular formula is C31H32F8N2O8. The van der Waals surface area contributed by atoms with Crippen molar-refractivity contribution >= 4 is 24.1 Å². The Morgan fingerprint density at radius 1 is 0.673 bits per heavy atom. The van der Waals surface area contributed by atoms with Crippen LogP contribution in [-0.4, -0.2) is 73.5 Å². The van der Waals surface area contributed by atoms with E-state index in [-0.39, 0.29) is 43.5 Å². The topological polar surface area (TPSA) is 123 Å². The summed E-state index contributed by atoms with van der Waals surface area (Å²) < 4.78 is 118. The lowest BCUT2D eigenvalue weighted by atomic mass is 9.87. The molecule has 0 spiro atoms. The molecule has 4 atom stereocenters. The number of piperidine rings is 2. The second-order valence-corrected chi connectivity index (χ2v) is 11.1. The van der Waals surface area contributed by atoms with Gasteiger partial charge < -0.3 is 29.1 Å². The fraction of sp³-hybridized carbons (Fsp3) is 0.484. The monoisotopic (exact) mass is 712 g/mol. The maximum Gasteiger partial charge on any atom is 0.416 e. The molecule has 2 saturated heterocycles. The Bertz CT molecular complexity index is 1530. The van der Waals surface area contributed by atoms with Gasteiger partial charge >= 0.3 is 36.5 Å². The van der Waals surface area contributed by atoms with Gasteiger partial charge in [0.2, 0.25) is 0 Å². The fourth-order valence-electron chi connectivity index (χ4n) is 5.74. The second kappa shape index (κ2) is 15.7. The minimum absolute atomic E-state index is 0.00870. The van der Waals surface area contributed by atoms with E-state index in [1.807, 2.05) is 0 Å². The Kier molecular flexibility index (Phi) is 12.4. The first-order valence-corrected chi connectivity index (χ1v) is 14.6. The zero-order chi connectivity index (χ0) is 36.8. The maximum atomic E-state index is 14.3. The van der Waals surface area contributed by atoms with Gasteiger partial charge in [-0.2, -0.15) is 26.3 Å². The van der Waals surface area contributed by atoms with Crippen molar-refractivity contribution in [3.8, 4) is 0 Å². The van der Waals surface area contributed by atoms with Crippen molar-refractivity contribution in [1.82, 2.24) is 9.80 Å². The highest BCUT2D eigenvalue weighted by atomic mass is 19.4. The Morgan fingerprint density at radius 2 is 1.06 bits per heavy atom. The highest BCUT2D eigenvalue weighted by molar-refractivity contribution is 5.74. The van der Waals surface area contributed by atoms with E-state index in [4.69, 9.17) is 5.11 Å². The lowest BCUT2D eigenvalue weighted by Crippen LogP contribution is -2.43. The number of nitrogens with zero attached hydrogens (tertiary/aromatic N) is 2. The van der Waals surface area contributed by atoms with E-state index in [1.54, 1.807) is 0 Å². The van der Waals surface area contributed by atoms with Crippen LogP contribution >= 0.6 is 0 Å². The van der Waals surface area contributed by atoms with Crippen LogP contribution in [0.5, 0.6) is 0 Å². The Labute approximate surface area is 274 Å². The van der Waals surface area contributed by atoms with Gasteiger partial charge in [-0.15, -0.1) is 0 Å². The molecular weight excluding hydrogens is 680 g/mol. The molecule has 18 heteroatoms. The molecule has 0 radical (unpaired) electrons. The minimum Gasteiger partial charge on any atom is -0.481 e. The lowest BCUT2D eigenvalue weighted by Gasteiger charge is -2.38. The summed E-state index contributed by atoms with van der Waals surface area (Å²) in [6.07, 6.45) is -10.5. The van der Waals surface area contributed by atoms with Crippen LogP contribution < -0.4 is 0 Å². The van der Waals surface area contributed by atoms with Crippen molar-refractivity contribution < 1.29 is 73.6 Å². The number of rotatable bonds is 4. The molecule has 2 aromatic carbocycles. The summed E-state index contributed by atoms with van der Waals surface area (Å²) in [5.41, 5.74) is -2.55. The molecule has 2 fully saturated rings. The molecule has 10 nitrogen and oxygen atoms in total. The number of esters is 1. The number of carbonyl (C=O) groups is 4. The largest absolute Gasteiger partial charge is 0.481 e. The normalized spacial score (nSPS) is 21.2. The van der Waals surface area contributed by atoms with Gasteiger partial charge in [0.1, 0.15) is 11.6 Å². The number of ether oxygens (including phenoxy) is 3. The van der Waals surface area contributed by atoms with Gasteiger partial charge in [-0.25, -0.2) is 18.4 Å². The molecule has 2 aliphatic heterocycles. The number of hydrogen-bond donors (Lipinski definition) is 1. The number of carboxylic acids is 1. The van der Waals surface area contributed by atoms with E-state index in [2.05, 4.69) is 14.2 Å². The fourth-order valence-corrected chi connectivity index (χ4v) is 5.74. The summed E-state index contributed by atoms with van der Waals surface area (Å²) in [6, 6.07) is 2.17. The van der Waals surface area contributed by atoms with Crippen molar-refractivity contribution in [3.63, 3.8) is 0 Å². The van der Waals surface area contributed by atoms with Gasteiger partial charge in [0.05, 0.1) is 56.4 Å². The zero-order valence-corrected chi connectivity index (χ0v) is 26.2. The van der Waals surface area contributed by atoms with Crippen LogP contribution in [0.1, 0.15) is 60.0 Å². The van der Waals surface area contributed by atoms with Gasteiger partial charge in [0.15, 0.2) is 0 Å². The van der Waals surface area contributed by atoms with Crippen molar-refractivity contribution in [2.24, 2.45) is 11.8 Å². The molecule has 2 aromatic rings. The molecule has 4 unspecified atom stereocenters. The van der Waals surface area contributed by atoms with Crippen LogP contribution in [0.3, 0.4) is 0 Å². The van der Waals surface area contributed by atoms with Crippen molar-refractivity contribution in [2.75, 3.05) is 34.4 Å². The highest BCUT2D eigenvalue weighted by Gasteiger charge is 2.40. The molecule has 0 bridgehead atoms. The Balaban J connectivity index is 0.000000266. The Morgan fingerprint density at radius 3 is 1.39 bits per heavy atom. The number of likely N-dealkylation sites (tertiary alicyclic amines) is 2. The summed E-state index contributed by atoms with van der Waals surface area (Å²) in [5, 5.41) is 9.13. The van der Waals surface area contributed by atoms with E-state index in [1.165, 1.54) is 12.0 Å². The van der Waals surface area contributed by atoms with E-state index < -0.39 is 83.2 Å². The number of carboxylic acid groups (broad SMARTS) is 1. The highest BCUT2D eigenvalue weighted by Crippen LogP contribution is 2.40. The van der Waals surface area contributed by atoms with E-state index >= 15 is 0 Å². The zero-order valence-electron chi connectivity index (χ0n) is 26.2. The number of carbonyl (C=O) groups excluding carboxylic acids is 3. The van der Waals surface area contributed by atoms with Gasteiger partial charge in [-0.3, -0.25) is 9.59 Å². The van der Waals surface area contributed by atoms with Crippen LogP contribution in [-0.2, 0) is 36.2 Å². The number of halogens is 8. The minimum atomic E-state index is -4.70. The first-order valence-electron chi connectivity index (χ1n) is 14.6. The van der Waals surface area contributed by atoms with Gasteiger partial charge in [-0.05, 0) is 49.9 Å². The predicted octanol–water partition coefficient (Wildman–Crippen LogP) is 6.99. The molecule has 0 aliphatic carbocycles. The molecule has 0 aromatic heterocycles. The van der Waals surface area contributed by atoms with E-state index in [0.717, 1.165) is 37.3 Å². The number of alkyl halides is 6. The first-order chi connectivity index (χ1) is 22.8. The summed E-state index contributed by atoms with van der Waals surface area (Å²) in [7, 11) is 3.48. The number of hydrogen-bond acceptors (Lipinski definition) is 7. The second-order valence-electron chi connectivity index (χ2n) is 11.1. The molecule has 49 heavy (non-hydrogen) atoms. The molecule has 0 saturated carbocycles. The summed E-state index contributed by atoms with van der Waals surface area (Å²) >= 11 is 0. The van der Waals surface area contributed by atoms with Crippen LogP contribution in [0.15, 0.2) is 36.4 Å². The summed E-state index contributed by atoms with van der Waals surface area (Å²) in [6.45, 7) is 0.104. The van der Waals surface area contributed by atoms with Crippen LogP contribution in [0, 0.1) is 23.5 Å². The van der Waals surface area contributed by atoms with Gasteiger partial charge in [0.25, 0.3) is 0 Å². The quantitative estimate of drug-likeness (QED) is 0.205. The number of amides is 2. The summed E-state index contributed by atoms with van der Waals surface area (Å²) in [5.74, 6) is -5.26. The molecule has 2 heterocycles. The third-order valence-electron chi connectivity index (χ3n) is 8.28.